The van der Waals surface area contributed by atoms with Crippen LogP contribution in [0.15, 0.2) is 41.5 Å². The van der Waals surface area contributed by atoms with Gasteiger partial charge in [0.1, 0.15) is 5.69 Å². The van der Waals surface area contributed by atoms with Crippen LogP contribution < -0.4 is 21.3 Å². The van der Waals surface area contributed by atoms with Gasteiger partial charge in [-0.1, -0.05) is 6.92 Å². The first-order valence-electron chi connectivity index (χ1n) is 11.7. The van der Waals surface area contributed by atoms with Gasteiger partial charge < -0.3 is 14.6 Å². The van der Waals surface area contributed by atoms with Crippen LogP contribution in [-0.2, 0) is 17.7 Å². The zero-order valence-corrected chi connectivity index (χ0v) is 19.2. The first-order valence-corrected chi connectivity index (χ1v) is 11.7. The highest BCUT2D eigenvalue weighted by molar-refractivity contribution is 5.92. The molecule has 3 N–H and O–H groups in total. The number of carbonyl (C=O) groups excluding carboxylic acids is 1. The van der Waals surface area contributed by atoms with E-state index in [9.17, 15) is 9.59 Å². The lowest BCUT2D eigenvalue weighted by atomic mass is 10.1. The molecule has 5 heterocycles. The molecular weight excluding hydrogens is 434 g/mol. The molecule has 34 heavy (non-hydrogen) atoms. The number of piperazine rings is 1. The first kappa shape index (κ1) is 22.5. The van der Waals surface area contributed by atoms with Gasteiger partial charge in [-0.25, -0.2) is 10.4 Å². The fraction of sp³-hybridized carbons (Fsp3) is 0.417. The van der Waals surface area contributed by atoms with Crippen LogP contribution in [0.25, 0.3) is 11.0 Å². The van der Waals surface area contributed by atoms with E-state index in [4.69, 9.17) is 4.74 Å². The Morgan fingerprint density at radius 2 is 1.97 bits per heavy atom. The van der Waals surface area contributed by atoms with E-state index in [1.54, 1.807) is 12.3 Å². The molecule has 0 saturated carbocycles. The summed E-state index contributed by atoms with van der Waals surface area (Å²) in [6.07, 6.45) is 4.34. The van der Waals surface area contributed by atoms with Gasteiger partial charge in [0.15, 0.2) is 0 Å². The molecule has 1 amide bonds. The van der Waals surface area contributed by atoms with Crippen molar-refractivity contribution in [2.24, 2.45) is 0 Å². The predicted molar refractivity (Wildman–Crippen MR) is 129 cm³/mol. The lowest BCUT2D eigenvalue weighted by molar-refractivity contribution is -0.0104. The second kappa shape index (κ2) is 9.88. The Labute approximate surface area is 197 Å². The van der Waals surface area contributed by atoms with Crippen LogP contribution in [0.5, 0.6) is 0 Å². The lowest BCUT2D eigenvalue weighted by Gasteiger charge is -2.36. The molecule has 2 saturated heterocycles. The Bertz CT molecular complexity index is 1220. The third kappa shape index (κ3) is 4.93. The lowest BCUT2D eigenvalue weighted by Crippen LogP contribution is -2.53. The number of carbonyl (C=O) groups is 1. The first-order chi connectivity index (χ1) is 16.6. The Hall–Kier alpha value is -3.34. The van der Waals surface area contributed by atoms with Gasteiger partial charge in [0.25, 0.3) is 11.5 Å². The smallest absolute Gasteiger partial charge is 0.283 e. The largest absolute Gasteiger partial charge is 0.378 e. The quantitative estimate of drug-likeness (QED) is 0.442. The average molecular weight is 464 g/mol. The number of nitrogens with one attached hydrogen (secondary N) is 3. The number of H-pyrrole nitrogens is 1. The second-order valence-electron chi connectivity index (χ2n) is 8.75. The van der Waals surface area contributed by atoms with Gasteiger partial charge in [-0.05, 0) is 36.2 Å². The molecule has 0 atom stereocenters. The Balaban J connectivity index is 1.15. The van der Waals surface area contributed by atoms with E-state index >= 15 is 0 Å². The minimum absolute atomic E-state index is 0.0381. The maximum Gasteiger partial charge on any atom is 0.283 e. The minimum Gasteiger partial charge on any atom is -0.378 e. The van der Waals surface area contributed by atoms with Gasteiger partial charge in [-0.3, -0.25) is 24.9 Å². The molecule has 3 aromatic heterocycles. The SMILES string of the molecule is CCc1cc2ncc(CN3CCN(c4ccc(C(=O)NNC5COC5)nc4)CC3)cc2[nH]c1=O. The summed E-state index contributed by atoms with van der Waals surface area (Å²) in [5.74, 6) is -0.250. The number of amides is 1. The van der Waals surface area contributed by atoms with Crippen molar-refractivity contribution in [2.45, 2.75) is 25.9 Å². The van der Waals surface area contributed by atoms with E-state index in [1.165, 1.54) is 0 Å². The molecule has 0 aromatic carbocycles. The number of hydrogen-bond acceptors (Lipinski definition) is 8. The molecule has 5 rings (SSSR count). The molecule has 3 aromatic rings. The summed E-state index contributed by atoms with van der Waals surface area (Å²) >= 11 is 0. The van der Waals surface area contributed by atoms with Crippen LogP contribution in [0.3, 0.4) is 0 Å². The number of rotatable bonds is 7. The van der Waals surface area contributed by atoms with Gasteiger partial charge in [0.2, 0.25) is 0 Å². The number of ether oxygens (including phenoxy) is 1. The van der Waals surface area contributed by atoms with E-state index < -0.39 is 0 Å². The number of aryl methyl sites for hydroxylation is 1. The fourth-order valence-corrected chi connectivity index (χ4v) is 4.20. The van der Waals surface area contributed by atoms with Crippen LogP contribution in [0.2, 0.25) is 0 Å². The van der Waals surface area contributed by atoms with Crippen molar-refractivity contribution in [1.82, 2.24) is 30.7 Å². The van der Waals surface area contributed by atoms with Crippen molar-refractivity contribution in [3.05, 3.63) is 63.8 Å². The van der Waals surface area contributed by atoms with Crippen molar-refractivity contribution in [3.8, 4) is 0 Å². The van der Waals surface area contributed by atoms with Crippen LogP contribution in [0.1, 0.15) is 28.5 Å². The molecule has 0 spiro atoms. The molecule has 2 aliphatic rings. The Morgan fingerprint density at radius 3 is 2.65 bits per heavy atom. The normalized spacial score (nSPS) is 17.0. The van der Waals surface area contributed by atoms with Gasteiger partial charge in [0, 0.05) is 44.5 Å². The fourth-order valence-electron chi connectivity index (χ4n) is 4.20. The van der Waals surface area contributed by atoms with E-state index in [1.807, 2.05) is 31.3 Å². The van der Waals surface area contributed by atoms with Crippen molar-refractivity contribution in [2.75, 3.05) is 44.3 Å². The molecule has 2 fully saturated rings. The molecule has 178 valence electrons. The highest BCUT2D eigenvalue weighted by Gasteiger charge is 2.20. The number of aromatic amines is 1. The summed E-state index contributed by atoms with van der Waals surface area (Å²) in [7, 11) is 0. The van der Waals surface area contributed by atoms with Crippen LogP contribution in [0.4, 0.5) is 5.69 Å². The summed E-state index contributed by atoms with van der Waals surface area (Å²) in [5, 5.41) is 0. The summed E-state index contributed by atoms with van der Waals surface area (Å²) in [5.41, 5.74) is 10.4. The number of anilines is 1. The number of aromatic nitrogens is 3. The van der Waals surface area contributed by atoms with Gasteiger partial charge in [-0.2, -0.15) is 0 Å². The molecule has 0 bridgehead atoms. The molecular formula is C24H29N7O3. The van der Waals surface area contributed by atoms with E-state index in [-0.39, 0.29) is 17.5 Å². The zero-order valence-electron chi connectivity index (χ0n) is 19.2. The maximum absolute atomic E-state index is 12.2. The number of nitrogens with zero attached hydrogens (tertiary/aromatic N) is 4. The number of hydrazine groups is 1. The Morgan fingerprint density at radius 1 is 1.15 bits per heavy atom. The summed E-state index contributed by atoms with van der Waals surface area (Å²) in [6, 6.07) is 7.76. The van der Waals surface area contributed by atoms with Gasteiger partial charge in [0.05, 0.1) is 42.2 Å². The second-order valence-corrected chi connectivity index (χ2v) is 8.75. The van der Waals surface area contributed by atoms with Crippen LogP contribution in [-0.4, -0.2) is 71.2 Å². The average Bonchev–Trinajstić information content (AvgIpc) is 2.83. The van der Waals surface area contributed by atoms with Crippen molar-refractivity contribution in [3.63, 3.8) is 0 Å². The van der Waals surface area contributed by atoms with Gasteiger partial charge in [-0.15, -0.1) is 0 Å². The molecule has 0 aliphatic carbocycles. The van der Waals surface area contributed by atoms with Crippen LogP contribution in [0, 0.1) is 0 Å². The van der Waals surface area contributed by atoms with Crippen molar-refractivity contribution >= 4 is 22.6 Å². The van der Waals surface area contributed by atoms with Crippen molar-refractivity contribution in [1.29, 1.82) is 0 Å². The number of hydrogen-bond donors (Lipinski definition) is 3. The molecule has 2 aliphatic heterocycles. The molecule has 0 radical (unpaired) electrons. The minimum atomic E-state index is -0.250. The summed E-state index contributed by atoms with van der Waals surface area (Å²) in [6.45, 7) is 7.51. The van der Waals surface area contributed by atoms with E-state index in [0.717, 1.165) is 60.6 Å². The molecule has 10 nitrogen and oxygen atoms in total. The van der Waals surface area contributed by atoms with Crippen LogP contribution >= 0.6 is 0 Å². The number of fused-ring (bicyclic) bond motifs is 1. The zero-order chi connectivity index (χ0) is 23.5. The maximum atomic E-state index is 12.2. The highest BCUT2D eigenvalue weighted by atomic mass is 16.5. The summed E-state index contributed by atoms with van der Waals surface area (Å²) < 4.78 is 5.07. The number of pyridine rings is 3. The molecule has 0 unspecified atom stereocenters. The van der Waals surface area contributed by atoms with E-state index in [2.05, 4.69) is 35.6 Å². The standard InChI is InChI=1S/C24H29N7O3/c1-2-17-10-21-22(27-23(17)32)9-16(11-25-21)13-30-5-7-31(8-6-30)19-3-4-20(26-12-19)24(33)29-28-18-14-34-15-18/h3-4,9-12,18,28H,2,5-8,13-15H2,1H3,(H,27,32)(H,29,33). The van der Waals surface area contributed by atoms with E-state index in [0.29, 0.717) is 25.3 Å². The highest BCUT2D eigenvalue weighted by Crippen LogP contribution is 2.18. The summed E-state index contributed by atoms with van der Waals surface area (Å²) in [4.78, 5) is 40.8. The molecule has 10 heteroatoms. The third-order valence-electron chi connectivity index (χ3n) is 6.36. The Kier molecular flexibility index (Phi) is 6.52. The third-order valence-corrected chi connectivity index (χ3v) is 6.36. The topological polar surface area (TPSA) is 115 Å². The van der Waals surface area contributed by atoms with Crippen molar-refractivity contribution < 1.29 is 9.53 Å². The monoisotopic (exact) mass is 463 g/mol. The van der Waals surface area contributed by atoms with Gasteiger partial charge >= 0.3 is 0 Å². The predicted octanol–water partition coefficient (Wildman–Crippen LogP) is 0.836.